The van der Waals surface area contributed by atoms with E-state index < -0.39 is 11.7 Å². The fourth-order valence-corrected chi connectivity index (χ4v) is 3.71. The van der Waals surface area contributed by atoms with Crippen molar-refractivity contribution in [3.8, 4) is 0 Å². The van der Waals surface area contributed by atoms with Crippen molar-refractivity contribution in [2.75, 3.05) is 33.2 Å². The third kappa shape index (κ3) is 6.23. The molecule has 1 aliphatic rings. The Balaban J connectivity index is 0.00000364. The molecule has 0 aromatic heterocycles. The molecule has 2 rings (SSSR count). The van der Waals surface area contributed by atoms with Gasteiger partial charge in [-0.1, -0.05) is 12.1 Å². The van der Waals surface area contributed by atoms with Crippen LogP contribution in [0.3, 0.4) is 0 Å². The minimum atomic E-state index is -4.31. The van der Waals surface area contributed by atoms with Crippen molar-refractivity contribution in [1.82, 2.24) is 9.80 Å². The van der Waals surface area contributed by atoms with Gasteiger partial charge in [0.05, 0.1) is 5.56 Å². The molecule has 0 aliphatic carbocycles. The van der Waals surface area contributed by atoms with E-state index in [0.29, 0.717) is 12.5 Å². The highest BCUT2D eigenvalue weighted by molar-refractivity contribution is 14.0. The number of halogens is 4. The zero-order valence-corrected chi connectivity index (χ0v) is 18.5. The van der Waals surface area contributed by atoms with Crippen LogP contribution in [0.15, 0.2) is 29.3 Å². The monoisotopic (exact) mass is 498 g/mol. The lowest BCUT2D eigenvalue weighted by Crippen LogP contribution is -2.40. The van der Waals surface area contributed by atoms with Crippen molar-refractivity contribution in [2.24, 2.45) is 16.6 Å². The summed E-state index contributed by atoms with van der Waals surface area (Å²) in [5.41, 5.74) is 6.37. The molecule has 8 heteroatoms. The highest BCUT2D eigenvalue weighted by atomic mass is 127. The van der Waals surface area contributed by atoms with Crippen molar-refractivity contribution < 1.29 is 13.2 Å². The molecule has 0 spiro atoms. The molecular formula is C19H30F3IN4. The van der Waals surface area contributed by atoms with Crippen molar-refractivity contribution in [3.63, 3.8) is 0 Å². The van der Waals surface area contributed by atoms with Gasteiger partial charge >= 0.3 is 6.18 Å². The summed E-state index contributed by atoms with van der Waals surface area (Å²) >= 11 is 0. The molecule has 1 heterocycles. The molecule has 0 amide bonds. The number of likely N-dealkylation sites (tertiary alicyclic amines) is 1. The van der Waals surface area contributed by atoms with Crippen LogP contribution in [0.1, 0.15) is 43.9 Å². The standard InChI is InChI=1S/C19H29F3N4.HI/c1-4-26(5-2)18(23)24-13-15-7-6-12-25(3)17(15)14-8-10-16(11-9-14)19(20,21)22;/h8-11,15,17H,4-7,12-13H2,1-3H3,(H2,23,24);1H. The van der Waals surface area contributed by atoms with E-state index in [1.807, 2.05) is 25.8 Å². The topological polar surface area (TPSA) is 44.9 Å². The average molecular weight is 498 g/mol. The lowest BCUT2D eigenvalue weighted by Gasteiger charge is -2.39. The van der Waals surface area contributed by atoms with Gasteiger partial charge in [0, 0.05) is 25.7 Å². The number of piperidine rings is 1. The van der Waals surface area contributed by atoms with Crippen LogP contribution in [-0.4, -0.2) is 49.0 Å². The molecule has 4 nitrogen and oxygen atoms in total. The van der Waals surface area contributed by atoms with Gasteiger partial charge in [0.1, 0.15) is 0 Å². The van der Waals surface area contributed by atoms with Crippen LogP contribution < -0.4 is 5.73 Å². The summed E-state index contributed by atoms with van der Waals surface area (Å²) in [6.45, 7) is 7.18. The Hall–Kier alpha value is -1.03. The largest absolute Gasteiger partial charge is 0.416 e. The van der Waals surface area contributed by atoms with Crippen molar-refractivity contribution >= 4 is 29.9 Å². The van der Waals surface area contributed by atoms with Gasteiger partial charge in [0.15, 0.2) is 5.96 Å². The van der Waals surface area contributed by atoms with Gasteiger partial charge in [-0.25, -0.2) is 0 Å². The zero-order valence-electron chi connectivity index (χ0n) is 16.2. The fourth-order valence-electron chi connectivity index (χ4n) is 3.71. The van der Waals surface area contributed by atoms with Gasteiger partial charge < -0.3 is 10.6 Å². The fraction of sp³-hybridized carbons (Fsp3) is 0.632. The predicted molar refractivity (Wildman–Crippen MR) is 114 cm³/mol. The second kappa shape index (κ2) is 10.5. The Kier molecular flexibility index (Phi) is 9.33. The van der Waals surface area contributed by atoms with E-state index in [9.17, 15) is 13.2 Å². The number of guanidine groups is 1. The van der Waals surface area contributed by atoms with Gasteiger partial charge in [0.25, 0.3) is 0 Å². The Morgan fingerprint density at radius 2 is 1.81 bits per heavy atom. The molecule has 0 radical (unpaired) electrons. The molecule has 2 unspecified atom stereocenters. The van der Waals surface area contributed by atoms with Gasteiger partial charge in [-0.2, -0.15) is 13.2 Å². The lowest BCUT2D eigenvalue weighted by molar-refractivity contribution is -0.137. The second-order valence-electron chi connectivity index (χ2n) is 6.82. The van der Waals surface area contributed by atoms with Crippen LogP contribution in [0.5, 0.6) is 0 Å². The quantitative estimate of drug-likeness (QED) is 0.373. The van der Waals surface area contributed by atoms with Gasteiger partial charge in [-0.05, 0) is 63.9 Å². The van der Waals surface area contributed by atoms with E-state index in [2.05, 4.69) is 9.89 Å². The average Bonchev–Trinajstić information content (AvgIpc) is 2.60. The molecule has 2 N–H and O–H groups in total. The Morgan fingerprint density at radius 3 is 2.33 bits per heavy atom. The zero-order chi connectivity index (χ0) is 19.3. The van der Waals surface area contributed by atoms with E-state index >= 15 is 0 Å². The number of benzene rings is 1. The minimum Gasteiger partial charge on any atom is -0.370 e. The number of nitrogens with two attached hydrogens (primary N) is 1. The van der Waals surface area contributed by atoms with Crippen molar-refractivity contribution in [2.45, 2.75) is 38.9 Å². The molecule has 1 aromatic rings. The molecule has 0 bridgehead atoms. The number of alkyl halides is 3. The highest BCUT2D eigenvalue weighted by Crippen LogP contribution is 2.37. The Morgan fingerprint density at radius 1 is 1.22 bits per heavy atom. The van der Waals surface area contributed by atoms with Gasteiger partial charge in [-0.15, -0.1) is 24.0 Å². The molecule has 27 heavy (non-hydrogen) atoms. The van der Waals surface area contributed by atoms with Crippen LogP contribution in [0, 0.1) is 5.92 Å². The highest BCUT2D eigenvalue weighted by Gasteiger charge is 2.33. The normalized spacial score (nSPS) is 21.6. The maximum absolute atomic E-state index is 12.8. The summed E-state index contributed by atoms with van der Waals surface area (Å²) in [5, 5.41) is 0. The third-order valence-electron chi connectivity index (χ3n) is 5.16. The summed E-state index contributed by atoms with van der Waals surface area (Å²) in [5.74, 6) is 0.772. The van der Waals surface area contributed by atoms with Crippen LogP contribution in [0.4, 0.5) is 13.2 Å². The minimum absolute atomic E-state index is 0. The van der Waals surface area contributed by atoms with Crippen LogP contribution >= 0.6 is 24.0 Å². The van der Waals surface area contributed by atoms with E-state index in [4.69, 9.17) is 5.73 Å². The summed E-state index contributed by atoms with van der Waals surface area (Å²) < 4.78 is 38.5. The summed E-state index contributed by atoms with van der Waals surface area (Å²) in [6.07, 6.45) is -2.26. The molecule has 2 atom stereocenters. The summed E-state index contributed by atoms with van der Waals surface area (Å²) in [7, 11) is 2.02. The molecule has 1 saturated heterocycles. The predicted octanol–water partition coefficient (Wildman–Crippen LogP) is 4.36. The molecule has 1 fully saturated rings. The van der Waals surface area contributed by atoms with Crippen molar-refractivity contribution in [3.05, 3.63) is 35.4 Å². The number of hydrogen-bond acceptors (Lipinski definition) is 2. The maximum atomic E-state index is 12.8. The first-order valence-corrected chi connectivity index (χ1v) is 9.20. The lowest BCUT2D eigenvalue weighted by atomic mass is 9.84. The van der Waals surface area contributed by atoms with Crippen LogP contribution in [0.25, 0.3) is 0 Å². The molecule has 0 saturated carbocycles. The first-order chi connectivity index (χ1) is 12.3. The number of hydrogen-bond donors (Lipinski definition) is 1. The van der Waals surface area contributed by atoms with E-state index in [1.165, 1.54) is 12.1 Å². The third-order valence-corrected chi connectivity index (χ3v) is 5.16. The first-order valence-electron chi connectivity index (χ1n) is 9.20. The van der Waals surface area contributed by atoms with E-state index in [1.54, 1.807) is 12.1 Å². The Bertz CT molecular complexity index is 600. The molecule has 1 aromatic carbocycles. The van der Waals surface area contributed by atoms with Crippen molar-refractivity contribution in [1.29, 1.82) is 0 Å². The SMILES string of the molecule is CCN(CC)C(N)=NCC1CCCN(C)C1c1ccc(C(F)(F)F)cc1.I. The number of aliphatic imine (C=N–C) groups is 1. The van der Waals surface area contributed by atoms with Crippen LogP contribution in [-0.2, 0) is 6.18 Å². The molecule has 1 aliphatic heterocycles. The molecular weight excluding hydrogens is 468 g/mol. The maximum Gasteiger partial charge on any atom is 0.416 e. The summed E-state index contributed by atoms with van der Waals surface area (Å²) in [6, 6.07) is 5.59. The number of nitrogens with zero attached hydrogens (tertiary/aromatic N) is 3. The summed E-state index contributed by atoms with van der Waals surface area (Å²) in [4.78, 5) is 8.78. The smallest absolute Gasteiger partial charge is 0.370 e. The first kappa shape index (κ1) is 24.0. The second-order valence-corrected chi connectivity index (χ2v) is 6.82. The molecule has 154 valence electrons. The van der Waals surface area contributed by atoms with Gasteiger partial charge in [-0.3, -0.25) is 9.89 Å². The van der Waals surface area contributed by atoms with Gasteiger partial charge in [0.2, 0.25) is 0 Å². The van der Waals surface area contributed by atoms with E-state index in [-0.39, 0.29) is 35.9 Å². The van der Waals surface area contributed by atoms with Crippen LogP contribution in [0.2, 0.25) is 0 Å². The number of rotatable bonds is 5. The van der Waals surface area contributed by atoms with E-state index in [0.717, 1.165) is 38.0 Å². The Labute approximate surface area is 177 Å².